The molecule has 0 spiro atoms. The Balaban J connectivity index is 2.78. The molecule has 2 rings (SSSR count). The van der Waals surface area contributed by atoms with Gasteiger partial charge in [-0.1, -0.05) is 13.8 Å². The number of pyridine rings is 1. The molecular formula is C10H11ClN2O2S. The second-order valence-electron chi connectivity index (χ2n) is 3.86. The van der Waals surface area contributed by atoms with E-state index in [-0.39, 0.29) is 10.8 Å². The van der Waals surface area contributed by atoms with E-state index in [2.05, 4.69) is 4.98 Å². The number of hydrogen-bond donors (Lipinski definition) is 0. The lowest BCUT2D eigenvalue weighted by atomic mass is 10.2. The van der Waals surface area contributed by atoms with Crippen LogP contribution < -0.4 is 0 Å². The summed E-state index contributed by atoms with van der Waals surface area (Å²) in [5, 5.41) is 0. The van der Waals surface area contributed by atoms with Crippen molar-refractivity contribution in [2.45, 2.75) is 24.7 Å². The number of hydrogen-bond acceptors (Lipinski definition) is 3. The van der Waals surface area contributed by atoms with Gasteiger partial charge in [0.1, 0.15) is 4.90 Å². The molecule has 2 heterocycles. The van der Waals surface area contributed by atoms with E-state index in [1.165, 1.54) is 6.07 Å². The molecular weight excluding hydrogens is 248 g/mol. The summed E-state index contributed by atoms with van der Waals surface area (Å²) in [6.07, 6.45) is 3.56. The number of imidazole rings is 1. The summed E-state index contributed by atoms with van der Waals surface area (Å²) in [7, 11) is 1.59. The molecule has 16 heavy (non-hydrogen) atoms. The molecule has 0 fully saturated rings. The van der Waals surface area contributed by atoms with Crippen molar-refractivity contribution in [3.63, 3.8) is 0 Å². The van der Waals surface area contributed by atoms with E-state index in [1.807, 2.05) is 20.0 Å². The maximum absolute atomic E-state index is 11.3. The van der Waals surface area contributed by atoms with Gasteiger partial charge in [0.25, 0.3) is 9.05 Å². The largest absolute Gasteiger partial charge is 0.306 e. The van der Waals surface area contributed by atoms with Crippen molar-refractivity contribution in [3.8, 4) is 0 Å². The summed E-state index contributed by atoms with van der Waals surface area (Å²) in [5.74, 6) is 0.241. The first-order valence-electron chi connectivity index (χ1n) is 4.82. The van der Waals surface area contributed by atoms with Crippen molar-refractivity contribution in [2.75, 3.05) is 0 Å². The average Bonchev–Trinajstić information content (AvgIpc) is 2.58. The third-order valence-corrected chi connectivity index (χ3v) is 3.66. The fourth-order valence-corrected chi connectivity index (χ4v) is 2.45. The van der Waals surface area contributed by atoms with E-state index in [4.69, 9.17) is 10.7 Å². The predicted molar refractivity (Wildman–Crippen MR) is 62.3 cm³/mol. The van der Waals surface area contributed by atoms with Gasteiger partial charge in [0.15, 0.2) is 5.65 Å². The first kappa shape index (κ1) is 11.4. The van der Waals surface area contributed by atoms with Crippen LogP contribution in [0.3, 0.4) is 0 Å². The molecule has 86 valence electrons. The van der Waals surface area contributed by atoms with Crippen molar-refractivity contribution >= 4 is 25.4 Å². The van der Waals surface area contributed by atoms with Gasteiger partial charge < -0.3 is 4.40 Å². The van der Waals surface area contributed by atoms with E-state index in [1.54, 1.807) is 16.7 Å². The maximum atomic E-state index is 11.3. The summed E-state index contributed by atoms with van der Waals surface area (Å²) < 4.78 is 24.3. The summed E-state index contributed by atoms with van der Waals surface area (Å²) in [5.41, 5.74) is 1.22. The summed E-state index contributed by atoms with van der Waals surface area (Å²) in [6.45, 7) is 3.99. The maximum Gasteiger partial charge on any atom is 0.265 e. The van der Waals surface area contributed by atoms with E-state index < -0.39 is 9.05 Å². The minimum atomic E-state index is -3.75. The smallest absolute Gasteiger partial charge is 0.265 e. The lowest BCUT2D eigenvalue weighted by Crippen LogP contribution is -1.95. The Kier molecular flexibility index (Phi) is 2.67. The molecule has 0 amide bonds. The van der Waals surface area contributed by atoms with Crippen LogP contribution in [0.25, 0.3) is 5.65 Å². The normalized spacial score (nSPS) is 12.5. The Morgan fingerprint density at radius 1 is 1.44 bits per heavy atom. The van der Waals surface area contributed by atoms with Gasteiger partial charge >= 0.3 is 0 Å². The monoisotopic (exact) mass is 258 g/mol. The molecule has 0 aromatic carbocycles. The van der Waals surface area contributed by atoms with Gasteiger partial charge in [-0.3, -0.25) is 0 Å². The van der Waals surface area contributed by atoms with Crippen LogP contribution in [0.1, 0.15) is 25.5 Å². The van der Waals surface area contributed by atoms with Gasteiger partial charge in [-0.25, -0.2) is 13.4 Å². The Hall–Kier alpha value is -1.07. The van der Waals surface area contributed by atoms with Crippen LogP contribution in [0.5, 0.6) is 0 Å². The van der Waals surface area contributed by atoms with Crippen molar-refractivity contribution in [2.24, 2.45) is 0 Å². The highest BCUT2D eigenvalue weighted by Crippen LogP contribution is 2.22. The zero-order valence-corrected chi connectivity index (χ0v) is 10.5. The molecule has 0 aliphatic carbocycles. The van der Waals surface area contributed by atoms with E-state index in [0.29, 0.717) is 5.65 Å². The molecule has 0 saturated carbocycles. The third-order valence-electron chi connectivity index (χ3n) is 2.32. The van der Waals surface area contributed by atoms with Crippen molar-refractivity contribution in [1.29, 1.82) is 0 Å². The number of halogens is 1. The second-order valence-corrected chi connectivity index (χ2v) is 6.40. The van der Waals surface area contributed by atoms with Crippen LogP contribution in [-0.4, -0.2) is 17.8 Å². The highest BCUT2D eigenvalue weighted by molar-refractivity contribution is 8.13. The van der Waals surface area contributed by atoms with Crippen molar-refractivity contribution in [1.82, 2.24) is 9.38 Å². The summed E-state index contributed by atoms with van der Waals surface area (Å²) >= 11 is 0. The lowest BCUT2D eigenvalue weighted by molar-refractivity contribution is 0.610. The zero-order valence-electron chi connectivity index (χ0n) is 8.88. The lowest BCUT2D eigenvalue weighted by Gasteiger charge is -1.98. The fourth-order valence-electron chi connectivity index (χ4n) is 1.47. The van der Waals surface area contributed by atoms with Gasteiger partial charge in [-0.05, 0) is 18.1 Å². The first-order chi connectivity index (χ1) is 7.39. The summed E-state index contributed by atoms with van der Waals surface area (Å²) in [6, 6.07) is 3.09. The Labute approximate surface area is 98.3 Å². The van der Waals surface area contributed by atoms with E-state index in [9.17, 15) is 8.42 Å². The van der Waals surface area contributed by atoms with Gasteiger partial charge in [0.2, 0.25) is 0 Å². The molecule has 0 N–H and O–H groups in total. The highest BCUT2D eigenvalue weighted by Gasteiger charge is 2.17. The van der Waals surface area contributed by atoms with Crippen molar-refractivity contribution < 1.29 is 8.42 Å². The average molecular weight is 259 g/mol. The van der Waals surface area contributed by atoms with Gasteiger partial charge in [-0.2, -0.15) is 0 Å². The van der Waals surface area contributed by atoms with Crippen LogP contribution in [0.2, 0.25) is 0 Å². The molecule has 2 aromatic rings. The van der Waals surface area contributed by atoms with Crippen LogP contribution in [-0.2, 0) is 9.05 Å². The van der Waals surface area contributed by atoms with Crippen molar-refractivity contribution in [3.05, 3.63) is 30.2 Å². The predicted octanol–water partition coefficient (Wildman–Crippen LogP) is 2.39. The SMILES string of the molecule is CC(C)c1cn2cccc(S(=O)(=O)Cl)c2n1. The number of rotatable bonds is 2. The third kappa shape index (κ3) is 1.92. The molecule has 4 nitrogen and oxygen atoms in total. The number of nitrogens with zero attached hydrogens (tertiary/aromatic N) is 2. The number of aromatic nitrogens is 2. The Morgan fingerprint density at radius 2 is 2.12 bits per heavy atom. The van der Waals surface area contributed by atoms with Gasteiger partial charge in [-0.15, -0.1) is 0 Å². The van der Waals surface area contributed by atoms with Crippen LogP contribution in [0.15, 0.2) is 29.4 Å². The van der Waals surface area contributed by atoms with Crippen LogP contribution in [0.4, 0.5) is 0 Å². The molecule has 2 aromatic heterocycles. The Bertz CT molecular complexity index is 631. The molecule has 6 heteroatoms. The van der Waals surface area contributed by atoms with Crippen LogP contribution in [0, 0.1) is 0 Å². The standard InChI is InChI=1S/C10H11ClN2O2S/c1-7(2)8-6-13-5-3-4-9(10(13)12-8)16(11,14)15/h3-7H,1-2H3. The second kappa shape index (κ2) is 3.75. The van der Waals surface area contributed by atoms with E-state index in [0.717, 1.165) is 5.69 Å². The molecule has 0 bridgehead atoms. The molecule has 0 saturated heterocycles. The molecule has 0 aliphatic rings. The quantitative estimate of drug-likeness (QED) is 0.777. The topological polar surface area (TPSA) is 51.4 Å². The fraction of sp³-hybridized carbons (Fsp3) is 0.300. The number of fused-ring (bicyclic) bond motifs is 1. The first-order valence-corrected chi connectivity index (χ1v) is 7.13. The van der Waals surface area contributed by atoms with Gasteiger partial charge in [0.05, 0.1) is 5.69 Å². The van der Waals surface area contributed by atoms with Gasteiger partial charge in [0, 0.05) is 23.1 Å². The minimum absolute atomic E-state index is 0.0450. The van der Waals surface area contributed by atoms with E-state index >= 15 is 0 Å². The molecule has 0 unspecified atom stereocenters. The highest BCUT2D eigenvalue weighted by atomic mass is 35.7. The molecule has 0 atom stereocenters. The zero-order chi connectivity index (χ0) is 11.9. The Morgan fingerprint density at radius 3 is 2.69 bits per heavy atom. The van der Waals surface area contributed by atoms with Crippen LogP contribution >= 0.6 is 10.7 Å². The molecule has 0 radical (unpaired) electrons. The molecule has 0 aliphatic heterocycles. The minimum Gasteiger partial charge on any atom is -0.306 e. The summed E-state index contributed by atoms with van der Waals surface area (Å²) in [4.78, 5) is 4.32.